The monoisotopic (exact) mass is 457 g/mol. The summed E-state index contributed by atoms with van der Waals surface area (Å²) >= 11 is 7.52. The van der Waals surface area contributed by atoms with E-state index >= 15 is 0 Å². The van der Waals surface area contributed by atoms with Gasteiger partial charge in [0.2, 0.25) is 0 Å². The molecule has 160 valence electrons. The number of hydrogen-bond donors (Lipinski definition) is 0. The molecule has 1 amide bonds. The maximum absolute atomic E-state index is 12.7. The molecule has 3 rings (SSSR count). The summed E-state index contributed by atoms with van der Waals surface area (Å²) in [6.07, 6.45) is 3.29. The molecule has 2 aromatic carbocycles. The van der Waals surface area contributed by atoms with Crippen LogP contribution in [0.1, 0.15) is 15.9 Å². The van der Waals surface area contributed by atoms with E-state index in [4.69, 9.17) is 21.1 Å². The first-order valence-electron chi connectivity index (χ1n) is 9.03. The lowest BCUT2D eigenvalue weighted by molar-refractivity contribution is -0.255. The Hall–Kier alpha value is -3.23. The predicted molar refractivity (Wildman–Crippen MR) is 120 cm³/mol. The van der Waals surface area contributed by atoms with E-state index < -0.39 is 5.97 Å². The summed E-state index contributed by atoms with van der Waals surface area (Å²) in [6.45, 7) is 3.89. The third-order valence-corrected chi connectivity index (χ3v) is 5.57. The zero-order valence-corrected chi connectivity index (χ0v) is 18.3. The Morgan fingerprint density at radius 1 is 1.32 bits per heavy atom. The minimum absolute atomic E-state index is 0.0550. The number of aromatic carboxylic acids is 1. The number of likely N-dealkylation sites (N-methyl/N-ethyl adjacent to an activating group) is 1. The number of carbonyl (C=O) groups is 2. The second kappa shape index (κ2) is 9.72. The van der Waals surface area contributed by atoms with Crippen LogP contribution in [0.15, 0.2) is 59.0 Å². The lowest BCUT2D eigenvalue weighted by Gasteiger charge is -2.12. The summed E-state index contributed by atoms with van der Waals surface area (Å²) in [7, 11) is 3.12. The maximum atomic E-state index is 12.7. The van der Waals surface area contributed by atoms with Gasteiger partial charge in [0.1, 0.15) is 6.61 Å². The van der Waals surface area contributed by atoms with Gasteiger partial charge >= 0.3 is 0 Å². The van der Waals surface area contributed by atoms with E-state index in [9.17, 15) is 14.7 Å². The number of carboxylic acid groups (broad SMARTS) is 1. The fraction of sp³-hybridized carbons (Fsp3) is 0.136. The second-order valence-corrected chi connectivity index (χ2v) is 7.75. The van der Waals surface area contributed by atoms with E-state index in [-0.39, 0.29) is 18.1 Å². The van der Waals surface area contributed by atoms with Crippen LogP contribution >= 0.6 is 23.4 Å². The second-order valence-electron chi connectivity index (χ2n) is 6.34. The Morgan fingerprint density at radius 3 is 2.65 bits per heavy atom. The van der Waals surface area contributed by atoms with E-state index in [0.29, 0.717) is 37.8 Å². The van der Waals surface area contributed by atoms with Crippen molar-refractivity contribution in [3.05, 3.63) is 70.1 Å². The molecule has 0 bridgehead atoms. The van der Waals surface area contributed by atoms with Gasteiger partial charge in [0, 0.05) is 7.05 Å². The Kier molecular flexibility index (Phi) is 7.04. The van der Waals surface area contributed by atoms with Gasteiger partial charge in [-0.1, -0.05) is 36.4 Å². The highest BCUT2D eigenvalue weighted by atomic mass is 35.5. The fourth-order valence-corrected chi connectivity index (χ4v) is 3.95. The SMILES string of the molecule is C=CCOc1c(Cl)cc(/C=C2\SC(=Nc3ccc(C(=O)[O-])cc3)N(C)C2=O)cc1OC. The molecule has 0 atom stereocenters. The number of benzene rings is 2. The van der Waals surface area contributed by atoms with Crippen molar-refractivity contribution in [2.45, 2.75) is 0 Å². The number of amides is 1. The van der Waals surface area contributed by atoms with Gasteiger partial charge in [-0.25, -0.2) is 4.99 Å². The molecular weight excluding hydrogens is 440 g/mol. The van der Waals surface area contributed by atoms with Gasteiger partial charge < -0.3 is 19.4 Å². The van der Waals surface area contributed by atoms with Crippen LogP contribution in [-0.4, -0.2) is 42.7 Å². The summed E-state index contributed by atoms with van der Waals surface area (Å²) in [5.74, 6) is -0.651. The number of ether oxygens (including phenoxy) is 2. The molecule has 1 fully saturated rings. The number of amidine groups is 1. The Balaban J connectivity index is 1.88. The van der Waals surface area contributed by atoms with Crippen LogP contribution in [-0.2, 0) is 4.79 Å². The minimum Gasteiger partial charge on any atom is -0.545 e. The number of halogens is 1. The maximum Gasteiger partial charge on any atom is 0.266 e. The molecule has 0 radical (unpaired) electrons. The number of carboxylic acids is 1. The van der Waals surface area contributed by atoms with E-state index in [0.717, 1.165) is 0 Å². The minimum atomic E-state index is -1.26. The molecule has 0 N–H and O–H groups in total. The molecule has 31 heavy (non-hydrogen) atoms. The van der Waals surface area contributed by atoms with Crippen molar-refractivity contribution in [1.82, 2.24) is 4.90 Å². The van der Waals surface area contributed by atoms with Gasteiger partial charge in [0.25, 0.3) is 5.91 Å². The average Bonchev–Trinajstić information content (AvgIpc) is 3.00. The van der Waals surface area contributed by atoms with E-state index in [2.05, 4.69) is 11.6 Å². The Morgan fingerprint density at radius 2 is 2.03 bits per heavy atom. The fourth-order valence-electron chi connectivity index (χ4n) is 2.69. The van der Waals surface area contributed by atoms with Crippen molar-refractivity contribution >= 4 is 52.2 Å². The molecule has 1 aliphatic rings. The normalized spacial score (nSPS) is 16.1. The summed E-state index contributed by atoms with van der Waals surface area (Å²) in [5.41, 5.74) is 1.23. The topological polar surface area (TPSA) is 91.3 Å². The molecule has 2 aromatic rings. The average molecular weight is 458 g/mol. The summed E-state index contributed by atoms with van der Waals surface area (Å²) in [4.78, 5) is 29.8. The summed E-state index contributed by atoms with van der Waals surface area (Å²) in [5, 5.41) is 11.7. The number of thioether (sulfide) groups is 1. The molecule has 1 aliphatic heterocycles. The van der Waals surface area contributed by atoms with E-state index in [1.807, 2.05) is 0 Å². The van der Waals surface area contributed by atoms with Crippen LogP contribution in [0, 0.1) is 0 Å². The number of nitrogens with zero attached hydrogens (tertiary/aromatic N) is 2. The summed E-state index contributed by atoms with van der Waals surface area (Å²) < 4.78 is 10.9. The number of rotatable bonds is 7. The molecular formula is C22H18ClN2O5S-. The van der Waals surface area contributed by atoms with Crippen molar-refractivity contribution < 1.29 is 24.2 Å². The van der Waals surface area contributed by atoms with Gasteiger partial charge in [-0.15, -0.1) is 0 Å². The predicted octanol–water partition coefficient (Wildman–Crippen LogP) is 3.51. The highest BCUT2D eigenvalue weighted by Gasteiger charge is 2.30. The quantitative estimate of drug-likeness (QED) is 0.466. The van der Waals surface area contributed by atoms with Gasteiger partial charge in [0.15, 0.2) is 16.7 Å². The lowest BCUT2D eigenvalue weighted by atomic mass is 10.2. The largest absolute Gasteiger partial charge is 0.545 e. The van der Waals surface area contributed by atoms with Crippen LogP contribution in [0.2, 0.25) is 5.02 Å². The standard InChI is InChI=1S/C22H19ClN2O5S/c1-4-9-30-19-16(23)10-13(11-17(19)29-3)12-18-20(26)25(2)22(31-18)24-15-7-5-14(6-8-15)21(27)28/h4-8,10-12H,1,9H2,2-3H3,(H,27,28)/p-1/b18-12-,24-22?. The molecule has 1 saturated heterocycles. The zero-order chi connectivity index (χ0) is 22.5. The Labute approximate surface area is 188 Å². The molecule has 0 spiro atoms. The zero-order valence-electron chi connectivity index (χ0n) is 16.8. The van der Waals surface area contributed by atoms with Gasteiger partial charge in [0.05, 0.1) is 28.7 Å². The van der Waals surface area contributed by atoms with Crippen LogP contribution in [0.3, 0.4) is 0 Å². The third-order valence-electron chi connectivity index (χ3n) is 4.23. The van der Waals surface area contributed by atoms with E-state index in [1.165, 1.54) is 35.9 Å². The highest BCUT2D eigenvalue weighted by Crippen LogP contribution is 2.39. The number of methoxy groups -OCH3 is 1. The van der Waals surface area contributed by atoms with Crippen molar-refractivity contribution in [2.75, 3.05) is 20.8 Å². The molecule has 0 aliphatic carbocycles. The summed E-state index contributed by atoms with van der Waals surface area (Å²) in [6, 6.07) is 9.29. The lowest BCUT2D eigenvalue weighted by Crippen LogP contribution is -2.23. The molecule has 7 nitrogen and oxygen atoms in total. The Bertz CT molecular complexity index is 1100. The van der Waals surface area contributed by atoms with Crippen molar-refractivity contribution in [3.8, 4) is 11.5 Å². The van der Waals surface area contributed by atoms with Crippen LogP contribution in [0.5, 0.6) is 11.5 Å². The van der Waals surface area contributed by atoms with Crippen molar-refractivity contribution in [1.29, 1.82) is 0 Å². The number of hydrogen-bond acceptors (Lipinski definition) is 7. The molecule has 1 heterocycles. The molecule has 0 saturated carbocycles. The van der Waals surface area contributed by atoms with Crippen molar-refractivity contribution in [2.24, 2.45) is 4.99 Å². The van der Waals surface area contributed by atoms with Gasteiger partial charge in [-0.05, 0) is 53.2 Å². The number of carbonyl (C=O) groups excluding carboxylic acids is 2. The van der Waals surface area contributed by atoms with E-state index in [1.54, 1.807) is 43.5 Å². The first kappa shape index (κ1) is 22.5. The molecule has 9 heteroatoms. The van der Waals surface area contributed by atoms with Crippen LogP contribution < -0.4 is 14.6 Å². The van der Waals surface area contributed by atoms with Crippen molar-refractivity contribution in [3.63, 3.8) is 0 Å². The first-order valence-corrected chi connectivity index (χ1v) is 10.2. The molecule has 0 unspecified atom stereocenters. The number of aliphatic imine (C=N–C) groups is 1. The first-order chi connectivity index (χ1) is 14.8. The smallest absolute Gasteiger partial charge is 0.266 e. The third kappa shape index (κ3) is 5.10. The highest BCUT2D eigenvalue weighted by molar-refractivity contribution is 8.18. The van der Waals surface area contributed by atoms with Crippen LogP contribution in [0.4, 0.5) is 5.69 Å². The van der Waals surface area contributed by atoms with Crippen LogP contribution in [0.25, 0.3) is 6.08 Å². The van der Waals surface area contributed by atoms with Gasteiger partial charge in [-0.2, -0.15) is 0 Å². The molecule has 0 aromatic heterocycles. The van der Waals surface area contributed by atoms with Gasteiger partial charge in [-0.3, -0.25) is 9.69 Å².